The van der Waals surface area contributed by atoms with E-state index >= 15 is 0 Å². The van der Waals surface area contributed by atoms with E-state index in [2.05, 4.69) is 15.5 Å². The molecule has 3 rings (SSSR count). The molecule has 0 aliphatic rings. The van der Waals surface area contributed by atoms with Gasteiger partial charge in [-0.2, -0.15) is 4.68 Å². The Morgan fingerprint density at radius 2 is 1.80 bits per heavy atom. The maximum atomic E-state index is 12.5. The van der Waals surface area contributed by atoms with Gasteiger partial charge >= 0.3 is 0 Å². The lowest BCUT2D eigenvalue weighted by molar-refractivity contribution is -0.113. The maximum Gasteiger partial charge on any atom is 0.294 e. The molecule has 1 amide bonds. The third kappa shape index (κ3) is 4.98. The number of carbonyl (C=O) groups is 1. The van der Waals surface area contributed by atoms with E-state index in [9.17, 15) is 9.59 Å². The molecule has 0 aliphatic heterocycles. The fourth-order valence-electron chi connectivity index (χ4n) is 2.88. The molecule has 2 aromatic carbocycles. The van der Waals surface area contributed by atoms with Gasteiger partial charge in [0.1, 0.15) is 11.4 Å². The monoisotopic (exact) mass is 425 g/mol. The fraction of sp³-hybridized carbons (Fsp3) is 0.238. The first-order chi connectivity index (χ1) is 14.4. The molecular formula is C21H23N5O3S. The van der Waals surface area contributed by atoms with Gasteiger partial charge in [0.15, 0.2) is 0 Å². The lowest BCUT2D eigenvalue weighted by Crippen LogP contribution is -2.34. The fourth-order valence-corrected chi connectivity index (χ4v) is 3.54. The van der Waals surface area contributed by atoms with Crippen molar-refractivity contribution in [3.05, 3.63) is 75.2 Å². The Hall–Kier alpha value is -3.33. The Bertz CT molecular complexity index is 1090. The smallest absolute Gasteiger partial charge is 0.294 e. The number of amides is 1. The Balaban J connectivity index is 1.66. The molecule has 156 valence electrons. The minimum Gasteiger partial charge on any atom is -0.497 e. The van der Waals surface area contributed by atoms with E-state index in [1.165, 1.54) is 0 Å². The average molecular weight is 426 g/mol. The van der Waals surface area contributed by atoms with E-state index in [1.807, 2.05) is 56.3 Å². The average Bonchev–Trinajstić information content (AvgIpc) is 2.74. The molecule has 0 spiro atoms. The number of thioether (sulfide) groups is 1. The van der Waals surface area contributed by atoms with Crippen molar-refractivity contribution < 1.29 is 9.53 Å². The first-order valence-corrected chi connectivity index (χ1v) is 10.2. The third-order valence-corrected chi connectivity index (χ3v) is 5.48. The predicted octanol–water partition coefficient (Wildman–Crippen LogP) is 2.30. The minimum atomic E-state index is -0.446. The molecule has 1 aromatic heterocycles. The van der Waals surface area contributed by atoms with Crippen molar-refractivity contribution in [1.29, 1.82) is 0 Å². The normalized spacial score (nSPS) is 10.6. The molecule has 0 fully saturated rings. The SMILES string of the molecule is COc1ccc(Cc2nnc(SCC(=O)Nc3c(C)cccc3C)n(N)c2=O)cc1. The number of benzene rings is 2. The molecule has 1 heterocycles. The molecule has 0 atom stereocenters. The van der Waals surface area contributed by atoms with Crippen LogP contribution in [0.1, 0.15) is 22.4 Å². The number of aromatic nitrogens is 3. The van der Waals surface area contributed by atoms with Crippen LogP contribution in [-0.4, -0.2) is 33.6 Å². The van der Waals surface area contributed by atoms with Crippen LogP contribution in [0.4, 0.5) is 5.69 Å². The quantitative estimate of drug-likeness (QED) is 0.441. The van der Waals surface area contributed by atoms with Gasteiger partial charge in [-0.3, -0.25) is 9.59 Å². The van der Waals surface area contributed by atoms with Crippen molar-refractivity contribution >= 4 is 23.4 Å². The lowest BCUT2D eigenvalue weighted by Gasteiger charge is -2.11. The second kappa shape index (κ2) is 9.45. The number of nitrogens with one attached hydrogen (secondary N) is 1. The van der Waals surface area contributed by atoms with E-state index in [1.54, 1.807) is 7.11 Å². The molecule has 30 heavy (non-hydrogen) atoms. The largest absolute Gasteiger partial charge is 0.497 e. The second-order valence-electron chi connectivity index (χ2n) is 6.73. The first kappa shape index (κ1) is 21.4. The number of para-hydroxylation sites is 1. The molecule has 0 radical (unpaired) electrons. The van der Waals surface area contributed by atoms with E-state index in [-0.39, 0.29) is 22.5 Å². The number of nitrogens with two attached hydrogens (primary N) is 1. The Labute approximate surface area is 178 Å². The summed E-state index contributed by atoms with van der Waals surface area (Å²) in [6.07, 6.45) is 0.297. The van der Waals surface area contributed by atoms with Gasteiger partial charge in [-0.1, -0.05) is 42.1 Å². The molecule has 0 aliphatic carbocycles. The molecule has 0 unspecified atom stereocenters. The first-order valence-electron chi connectivity index (χ1n) is 9.24. The summed E-state index contributed by atoms with van der Waals surface area (Å²) < 4.78 is 6.06. The van der Waals surface area contributed by atoms with Crippen LogP contribution in [0.25, 0.3) is 0 Å². The Kier molecular flexibility index (Phi) is 6.73. The van der Waals surface area contributed by atoms with Crippen LogP contribution in [-0.2, 0) is 11.2 Å². The van der Waals surface area contributed by atoms with Crippen molar-refractivity contribution in [3.63, 3.8) is 0 Å². The van der Waals surface area contributed by atoms with Crippen LogP contribution >= 0.6 is 11.8 Å². The van der Waals surface area contributed by atoms with Crippen molar-refractivity contribution in [3.8, 4) is 5.75 Å². The third-order valence-electron chi connectivity index (χ3n) is 4.54. The topological polar surface area (TPSA) is 112 Å². The summed E-state index contributed by atoms with van der Waals surface area (Å²) >= 11 is 1.06. The van der Waals surface area contributed by atoms with Gasteiger partial charge in [-0.05, 0) is 42.7 Å². The summed E-state index contributed by atoms with van der Waals surface area (Å²) in [5, 5.41) is 11.1. The summed E-state index contributed by atoms with van der Waals surface area (Å²) in [7, 11) is 1.59. The van der Waals surface area contributed by atoms with Crippen LogP contribution < -0.4 is 21.5 Å². The molecule has 0 saturated carbocycles. The van der Waals surface area contributed by atoms with Crippen molar-refractivity contribution in [1.82, 2.24) is 14.9 Å². The van der Waals surface area contributed by atoms with Gasteiger partial charge in [0.05, 0.1) is 12.9 Å². The number of ether oxygens (including phenoxy) is 1. The summed E-state index contributed by atoms with van der Waals surface area (Å²) in [6.45, 7) is 3.86. The van der Waals surface area contributed by atoms with Crippen molar-refractivity contribution in [2.45, 2.75) is 25.4 Å². The zero-order valence-corrected chi connectivity index (χ0v) is 17.8. The van der Waals surface area contributed by atoms with Gasteiger partial charge in [0, 0.05) is 12.1 Å². The molecule has 3 N–H and O–H groups in total. The summed E-state index contributed by atoms with van der Waals surface area (Å²) in [4.78, 5) is 24.9. The van der Waals surface area contributed by atoms with Crippen LogP contribution in [0.2, 0.25) is 0 Å². The summed E-state index contributed by atoms with van der Waals surface area (Å²) in [6, 6.07) is 13.1. The van der Waals surface area contributed by atoms with Crippen LogP contribution in [0, 0.1) is 13.8 Å². The van der Waals surface area contributed by atoms with Crippen molar-refractivity contribution in [2.75, 3.05) is 24.0 Å². The highest BCUT2D eigenvalue weighted by atomic mass is 32.2. The van der Waals surface area contributed by atoms with E-state index in [4.69, 9.17) is 10.6 Å². The number of nitrogen functional groups attached to an aromatic ring is 1. The molecule has 9 heteroatoms. The van der Waals surface area contributed by atoms with Gasteiger partial charge in [-0.15, -0.1) is 10.2 Å². The molecule has 3 aromatic rings. The van der Waals surface area contributed by atoms with E-state index < -0.39 is 5.56 Å². The number of hydrogen-bond donors (Lipinski definition) is 2. The van der Waals surface area contributed by atoms with E-state index in [0.29, 0.717) is 6.42 Å². The zero-order chi connectivity index (χ0) is 21.7. The standard InChI is InChI=1S/C21H23N5O3S/c1-13-5-4-6-14(2)19(13)23-18(27)12-30-21-25-24-17(20(28)26(21)22)11-15-7-9-16(29-3)10-8-15/h4-10H,11-12,22H2,1-3H3,(H,23,27). The van der Waals surface area contributed by atoms with Crippen LogP contribution in [0.3, 0.4) is 0 Å². The highest BCUT2D eigenvalue weighted by Crippen LogP contribution is 2.20. The number of anilines is 1. The van der Waals surface area contributed by atoms with Crippen LogP contribution in [0.15, 0.2) is 52.4 Å². The zero-order valence-electron chi connectivity index (χ0n) is 17.0. The highest BCUT2D eigenvalue weighted by molar-refractivity contribution is 7.99. The number of rotatable bonds is 7. The van der Waals surface area contributed by atoms with E-state index in [0.717, 1.165) is 44.6 Å². The predicted molar refractivity (Wildman–Crippen MR) is 118 cm³/mol. The number of hydrogen-bond acceptors (Lipinski definition) is 7. The summed E-state index contributed by atoms with van der Waals surface area (Å²) in [5.41, 5.74) is 3.41. The second-order valence-corrected chi connectivity index (χ2v) is 7.68. The number of aryl methyl sites for hydroxylation is 2. The number of methoxy groups -OCH3 is 1. The lowest BCUT2D eigenvalue weighted by atomic mass is 10.1. The van der Waals surface area contributed by atoms with Crippen LogP contribution in [0.5, 0.6) is 5.75 Å². The van der Waals surface area contributed by atoms with Crippen molar-refractivity contribution in [2.24, 2.45) is 0 Å². The highest BCUT2D eigenvalue weighted by Gasteiger charge is 2.14. The molecule has 0 saturated heterocycles. The van der Waals surface area contributed by atoms with Gasteiger partial charge in [-0.25, -0.2) is 0 Å². The maximum absolute atomic E-state index is 12.5. The van der Waals surface area contributed by atoms with Gasteiger partial charge in [0.2, 0.25) is 11.1 Å². The van der Waals surface area contributed by atoms with Gasteiger partial charge < -0.3 is 15.9 Å². The molecule has 0 bridgehead atoms. The Morgan fingerprint density at radius 1 is 1.13 bits per heavy atom. The number of nitrogens with zero attached hydrogens (tertiary/aromatic N) is 3. The molecular weight excluding hydrogens is 402 g/mol. The summed E-state index contributed by atoms with van der Waals surface area (Å²) in [5.74, 6) is 6.47. The minimum absolute atomic E-state index is 0.0525. The number of carbonyl (C=O) groups excluding carboxylic acids is 1. The van der Waals surface area contributed by atoms with Gasteiger partial charge in [0.25, 0.3) is 5.56 Å². The molecule has 8 nitrogen and oxygen atoms in total. The Morgan fingerprint density at radius 3 is 2.43 bits per heavy atom.